The van der Waals surface area contributed by atoms with Crippen molar-refractivity contribution in [2.24, 2.45) is 0 Å². The van der Waals surface area contributed by atoms with Crippen LogP contribution in [0.1, 0.15) is 15.9 Å². The summed E-state index contributed by atoms with van der Waals surface area (Å²) in [5.41, 5.74) is 1.30. The Morgan fingerprint density at radius 3 is 2.56 bits per heavy atom. The van der Waals surface area contributed by atoms with Gasteiger partial charge < -0.3 is 9.84 Å². The molecular weight excluding hydrogens is 442 g/mol. The third-order valence-electron chi connectivity index (χ3n) is 3.91. The van der Waals surface area contributed by atoms with Crippen molar-refractivity contribution in [2.75, 3.05) is 0 Å². The average Bonchev–Trinajstić information content (AvgIpc) is 2.65. The van der Waals surface area contributed by atoms with Gasteiger partial charge in [0.1, 0.15) is 18.1 Å². The SMILES string of the molecule is O=Cc1cc(Cl)c(OCc2cccc(-c3cccc(F)c3F)c2Br)cc1O. The summed E-state index contributed by atoms with van der Waals surface area (Å²) in [6.07, 6.45) is 0.485. The zero-order valence-corrected chi connectivity index (χ0v) is 16.0. The molecule has 1 N–H and O–H groups in total. The second-order valence-corrected chi connectivity index (χ2v) is 6.83. The van der Waals surface area contributed by atoms with E-state index in [1.165, 1.54) is 24.3 Å². The highest BCUT2D eigenvalue weighted by atomic mass is 79.9. The number of aromatic hydroxyl groups is 1. The zero-order chi connectivity index (χ0) is 19.6. The van der Waals surface area contributed by atoms with Crippen molar-refractivity contribution >= 4 is 33.8 Å². The number of hydrogen-bond donors (Lipinski definition) is 1. The van der Waals surface area contributed by atoms with Crippen LogP contribution >= 0.6 is 27.5 Å². The molecular formula is C20H12BrClF2O3. The van der Waals surface area contributed by atoms with Crippen LogP contribution in [-0.4, -0.2) is 11.4 Å². The molecule has 0 unspecified atom stereocenters. The first-order valence-corrected chi connectivity index (χ1v) is 8.91. The molecule has 0 heterocycles. The molecule has 0 aliphatic heterocycles. The summed E-state index contributed by atoms with van der Waals surface area (Å²) in [6, 6.07) is 11.6. The number of benzene rings is 3. The number of halogens is 4. The lowest BCUT2D eigenvalue weighted by atomic mass is 10.0. The van der Waals surface area contributed by atoms with Gasteiger partial charge in [-0.15, -0.1) is 0 Å². The summed E-state index contributed by atoms with van der Waals surface area (Å²) in [5, 5.41) is 9.93. The Morgan fingerprint density at radius 1 is 1.11 bits per heavy atom. The van der Waals surface area contributed by atoms with Gasteiger partial charge in [-0.3, -0.25) is 4.79 Å². The molecule has 0 aliphatic rings. The van der Waals surface area contributed by atoms with Crippen LogP contribution in [0.4, 0.5) is 8.78 Å². The number of aldehydes is 1. The van der Waals surface area contributed by atoms with E-state index in [0.29, 0.717) is 21.9 Å². The molecule has 0 spiro atoms. The summed E-state index contributed by atoms with van der Waals surface area (Å²) in [4.78, 5) is 10.8. The maximum absolute atomic E-state index is 14.1. The van der Waals surface area contributed by atoms with E-state index in [1.807, 2.05) is 0 Å². The van der Waals surface area contributed by atoms with Crippen LogP contribution in [0.2, 0.25) is 5.02 Å². The van der Waals surface area contributed by atoms with Crippen molar-refractivity contribution < 1.29 is 23.4 Å². The van der Waals surface area contributed by atoms with Gasteiger partial charge in [0, 0.05) is 21.7 Å². The van der Waals surface area contributed by atoms with Gasteiger partial charge in [-0.1, -0.05) is 41.9 Å². The van der Waals surface area contributed by atoms with Crippen molar-refractivity contribution in [3.63, 3.8) is 0 Å². The highest BCUT2D eigenvalue weighted by molar-refractivity contribution is 9.10. The van der Waals surface area contributed by atoms with Gasteiger partial charge in [-0.05, 0) is 33.6 Å². The third-order valence-corrected chi connectivity index (χ3v) is 5.14. The fraction of sp³-hybridized carbons (Fsp3) is 0.0500. The van der Waals surface area contributed by atoms with Crippen LogP contribution in [0.5, 0.6) is 11.5 Å². The van der Waals surface area contributed by atoms with Crippen LogP contribution in [0, 0.1) is 11.6 Å². The number of carbonyl (C=O) groups is 1. The molecule has 0 radical (unpaired) electrons. The molecule has 3 nitrogen and oxygen atoms in total. The topological polar surface area (TPSA) is 46.5 Å². The molecule has 3 aromatic rings. The molecule has 138 valence electrons. The molecule has 0 bridgehead atoms. The normalized spacial score (nSPS) is 10.7. The maximum Gasteiger partial charge on any atom is 0.166 e. The van der Waals surface area contributed by atoms with Gasteiger partial charge in [0.15, 0.2) is 17.9 Å². The monoisotopic (exact) mass is 452 g/mol. The van der Waals surface area contributed by atoms with Crippen LogP contribution in [-0.2, 0) is 6.61 Å². The van der Waals surface area contributed by atoms with Gasteiger partial charge in [0.25, 0.3) is 0 Å². The first-order chi connectivity index (χ1) is 12.9. The number of hydrogen-bond acceptors (Lipinski definition) is 3. The second kappa shape index (κ2) is 8.06. The van der Waals surface area contributed by atoms with E-state index < -0.39 is 11.6 Å². The highest BCUT2D eigenvalue weighted by Gasteiger charge is 2.15. The van der Waals surface area contributed by atoms with E-state index in [-0.39, 0.29) is 34.3 Å². The number of phenolic OH excluding ortho intramolecular Hbond substituents is 1. The Morgan fingerprint density at radius 2 is 1.81 bits per heavy atom. The van der Waals surface area contributed by atoms with Gasteiger partial charge in [-0.2, -0.15) is 0 Å². The molecule has 0 fully saturated rings. The van der Waals surface area contributed by atoms with E-state index in [0.717, 1.165) is 6.07 Å². The smallest absolute Gasteiger partial charge is 0.166 e. The molecule has 0 saturated heterocycles. The highest BCUT2D eigenvalue weighted by Crippen LogP contribution is 2.35. The lowest BCUT2D eigenvalue weighted by Gasteiger charge is -2.13. The predicted octanol–water partition coefficient (Wildman–Crippen LogP) is 6.14. The van der Waals surface area contributed by atoms with Gasteiger partial charge in [0.05, 0.1) is 10.6 Å². The molecule has 3 aromatic carbocycles. The van der Waals surface area contributed by atoms with Crippen molar-refractivity contribution in [1.82, 2.24) is 0 Å². The Hall–Kier alpha value is -2.44. The van der Waals surface area contributed by atoms with E-state index >= 15 is 0 Å². The Bertz CT molecular complexity index is 1020. The van der Waals surface area contributed by atoms with Gasteiger partial charge in [-0.25, -0.2) is 8.78 Å². The van der Waals surface area contributed by atoms with Crippen molar-refractivity contribution in [2.45, 2.75) is 6.61 Å². The standard InChI is InChI=1S/C20H12BrClF2O3/c21-19-11(10-27-18-8-17(26)12(9-25)7-15(18)22)3-1-4-13(19)14-5-2-6-16(23)20(14)24/h1-9,26H,10H2. The molecule has 0 aliphatic carbocycles. The number of phenols is 1. The Labute approximate surface area is 167 Å². The number of rotatable bonds is 5. The minimum absolute atomic E-state index is 0.0466. The van der Waals surface area contributed by atoms with E-state index in [1.54, 1.807) is 18.2 Å². The number of ether oxygens (including phenoxy) is 1. The summed E-state index contributed by atoms with van der Waals surface area (Å²) >= 11 is 9.46. The second-order valence-electron chi connectivity index (χ2n) is 5.63. The summed E-state index contributed by atoms with van der Waals surface area (Å²) < 4.78 is 33.8. The molecule has 7 heteroatoms. The first-order valence-electron chi connectivity index (χ1n) is 7.74. The van der Waals surface area contributed by atoms with Crippen LogP contribution in [0.25, 0.3) is 11.1 Å². The van der Waals surface area contributed by atoms with Crippen molar-refractivity contribution in [1.29, 1.82) is 0 Å². The maximum atomic E-state index is 14.1. The van der Waals surface area contributed by atoms with Crippen molar-refractivity contribution in [3.05, 3.63) is 80.8 Å². The summed E-state index contributed by atoms with van der Waals surface area (Å²) in [7, 11) is 0. The minimum Gasteiger partial charge on any atom is -0.507 e. The molecule has 0 saturated carbocycles. The largest absolute Gasteiger partial charge is 0.507 e. The lowest BCUT2D eigenvalue weighted by molar-refractivity contribution is 0.112. The van der Waals surface area contributed by atoms with Crippen molar-refractivity contribution in [3.8, 4) is 22.6 Å². The zero-order valence-electron chi connectivity index (χ0n) is 13.7. The van der Waals surface area contributed by atoms with Gasteiger partial charge in [0.2, 0.25) is 0 Å². The minimum atomic E-state index is -0.936. The van der Waals surface area contributed by atoms with Crippen LogP contribution < -0.4 is 4.74 Å². The molecule has 0 atom stereocenters. The molecule has 0 amide bonds. The van der Waals surface area contributed by atoms with E-state index in [9.17, 15) is 18.7 Å². The first kappa shape index (κ1) is 19.3. The van der Waals surface area contributed by atoms with E-state index in [2.05, 4.69) is 15.9 Å². The van der Waals surface area contributed by atoms with Crippen LogP contribution in [0.15, 0.2) is 53.0 Å². The quantitative estimate of drug-likeness (QED) is 0.472. The number of carbonyl (C=O) groups excluding carboxylic acids is 1. The average molecular weight is 454 g/mol. The lowest BCUT2D eigenvalue weighted by Crippen LogP contribution is -1.99. The van der Waals surface area contributed by atoms with Crippen LogP contribution in [0.3, 0.4) is 0 Å². The Kier molecular flexibility index (Phi) is 5.77. The molecule has 0 aromatic heterocycles. The fourth-order valence-electron chi connectivity index (χ4n) is 2.53. The summed E-state index contributed by atoms with van der Waals surface area (Å²) in [5.74, 6) is -1.93. The molecule has 27 heavy (non-hydrogen) atoms. The predicted molar refractivity (Wildman–Crippen MR) is 102 cm³/mol. The fourth-order valence-corrected chi connectivity index (χ4v) is 3.35. The third kappa shape index (κ3) is 3.96. The summed E-state index contributed by atoms with van der Waals surface area (Å²) in [6.45, 7) is 0.0466. The molecule has 3 rings (SSSR count). The van der Waals surface area contributed by atoms with Gasteiger partial charge >= 0.3 is 0 Å². The van der Waals surface area contributed by atoms with E-state index in [4.69, 9.17) is 16.3 Å². The Balaban J connectivity index is 1.90.